The highest BCUT2D eigenvalue weighted by molar-refractivity contribution is 8.13. The summed E-state index contributed by atoms with van der Waals surface area (Å²) in [4.78, 5) is 11.7. The molecule has 0 N–H and O–H groups in total. The molecule has 0 unspecified atom stereocenters. The smallest absolute Gasteiger partial charge is 0.400 e. The van der Waals surface area contributed by atoms with Gasteiger partial charge in [0.25, 0.3) is 0 Å². The van der Waals surface area contributed by atoms with Crippen LogP contribution in [0.3, 0.4) is 0 Å². The topological polar surface area (TPSA) is 69.7 Å². The van der Waals surface area contributed by atoms with E-state index in [1.807, 2.05) is 39.8 Å². The van der Waals surface area contributed by atoms with E-state index in [4.69, 9.17) is 9.31 Å². The first kappa shape index (κ1) is 21.2. The van der Waals surface area contributed by atoms with E-state index in [0.29, 0.717) is 5.75 Å². The minimum Gasteiger partial charge on any atom is -0.400 e. The van der Waals surface area contributed by atoms with E-state index < -0.39 is 28.2 Å². The van der Waals surface area contributed by atoms with Crippen LogP contribution in [0.2, 0.25) is 0 Å². The molecule has 2 rings (SSSR count). The number of benzene rings is 1. The van der Waals surface area contributed by atoms with Crippen LogP contribution < -0.4 is 0 Å². The van der Waals surface area contributed by atoms with Gasteiger partial charge in [-0.1, -0.05) is 30.0 Å². The van der Waals surface area contributed by atoms with E-state index in [-0.39, 0.29) is 10.0 Å². The van der Waals surface area contributed by atoms with Crippen molar-refractivity contribution in [1.82, 2.24) is 0 Å². The normalized spacial score (nSPS) is 19.6. The van der Waals surface area contributed by atoms with Gasteiger partial charge in [0.15, 0.2) is 15.0 Å². The number of carbonyl (C=O) groups excluding carboxylic acids is 1. The molecular weight excluding hydrogens is 371 g/mol. The number of carbonyl (C=O) groups is 1. The van der Waals surface area contributed by atoms with Gasteiger partial charge in [-0.2, -0.15) is 0 Å². The lowest BCUT2D eigenvalue weighted by molar-refractivity contribution is -0.109. The second kappa shape index (κ2) is 7.50. The molecule has 0 bridgehead atoms. The molecule has 1 aromatic carbocycles. The summed E-state index contributed by atoms with van der Waals surface area (Å²) < 4.78 is 35.8. The van der Waals surface area contributed by atoms with Crippen molar-refractivity contribution in [3.05, 3.63) is 35.3 Å². The summed E-state index contributed by atoms with van der Waals surface area (Å²) >= 11 is 1.17. The zero-order valence-electron chi connectivity index (χ0n) is 16.0. The fourth-order valence-electron chi connectivity index (χ4n) is 2.41. The predicted molar refractivity (Wildman–Crippen MR) is 107 cm³/mol. The molecule has 0 saturated carbocycles. The maximum atomic E-state index is 11.8. The van der Waals surface area contributed by atoms with Crippen molar-refractivity contribution < 1.29 is 22.5 Å². The molecule has 142 valence electrons. The second-order valence-corrected chi connectivity index (χ2v) is 10.6. The summed E-state index contributed by atoms with van der Waals surface area (Å²) in [5, 5.41) is -0.00250. The van der Waals surface area contributed by atoms with Crippen LogP contribution in [0.1, 0.15) is 40.2 Å². The first-order chi connectivity index (χ1) is 11.8. The molecule has 1 aromatic rings. The van der Waals surface area contributed by atoms with Gasteiger partial charge in [-0.15, -0.1) is 0 Å². The van der Waals surface area contributed by atoms with Crippen molar-refractivity contribution in [2.45, 2.75) is 50.7 Å². The molecule has 1 heterocycles. The van der Waals surface area contributed by atoms with E-state index in [9.17, 15) is 13.2 Å². The van der Waals surface area contributed by atoms with Crippen molar-refractivity contribution in [3.63, 3.8) is 0 Å². The summed E-state index contributed by atoms with van der Waals surface area (Å²) in [5.41, 5.74) is 0.523. The molecule has 8 heteroatoms. The Bertz CT molecular complexity index is 812. The first-order valence-electron chi connectivity index (χ1n) is 8.31. The van der Waals surface area contributed by atoms with Crippen molar-refractivity contribution in [2.24, 2.45) is 0 Å². The van der Waals surface area contributed by atoms with Crippen LogP contribution >= 0.6 is 11.8 Å². The monoisotopic (exact) mass is 396 g/mol. The highest BCUT2D eigenvalue weighted by atomic mass is 32.2. The SMILES string of the molecule is CC(=O)SCC(=Cc1cccc(S(C)(=O)=O)c1)B1OC(C)(C)C(C)(C)O1. The number of thioether (sulfide) groups is 1. The quantitative estimate of drug-likeness (QED) is 0.711. The highest BCUT2D eigenvalue weighted by Crippen LogP contribution is 2.39. The van der Waals surface area contributed by atoms with Gasteiger partial charge < -0.3 is 9.31 Å². The average molecular weight is 396 g/mol. The Labute approximate surface area is 160 Å². The summed E-state index contributed by atoms with van der Waals surface area (Å²) in [6, 6.07) is 6.69. The zero-order valence-corrected chi connectivity index (χ0v) is 17.7. The fraction of sp³-hybridized carbons (Fsp3) is 0.500. The Hall–Kier alpha value is -1.09. The third-order valence-electron chi connectivity index (χ3n) is 4.64. The van der Waals surface area contributed by atoms with E-state index in [2.05, 4.69) is 0 Å². The minimum absolute atomic E-state index is 0.00250. The molecule has 0 atom stereocenters. The molecule has 1 fully saturated rings. The molecule has 0 aliphatic carbocycles. The Kier molecular flexibility index (Phi) is 6.12. The number of rotatable bonds is 5. The Morgan fingerprint density at radius 1 is 1.19 bits per heavy atom. The van der Waals surface area contributed by atoms with Gasteiger partial charge in [-0.3, -0.25) is 4.79 Å². The standard InChI is InChI=1S/C18H25BO5S2/c1-13(20)25-12-15(19-23-17(2,3)18(4,5)24-19)10-14-8-7-9-16(11-14)26(6,21)22/h7-11H,12H2,1-6H3. The average Bonchev–Trinajstić information content (AvgIpc) is 2.71. The van der Waals surface area contributed by atoms with Crippen LogP contribution in [0.25, 0.3) is 6.08 Å². The summed E-state index contributed by atoms with van der Waals surface area (Å²) in [5.74, 6) is 0.412. The zero-order chi connectivity index (χ0) is 19.8. The van der Waals surface area contributed by atoms with Crippen molar-refractivity contribution in [1.29, 1.82) is 0 Å². The van der Waals surface area contributed by atoms with Gasteiger partial charge in [0.05, 0.1) is 16.1 Å². The number of sulfone groups is 1. The van der Waals surface area contributed by atoms with Gasteiger partial charge >= 0.3 is 7.12 Å². The van der Waals surface area contributed by atoms with Crippen molar-refractivity contribution >= 4 is 39.9 Å². The van der Waals surface area contributed by atoms with E-state index in [1.165, 1.54) is 24.9 Å². The molecule has 0 spiro atoms. The molecule has 1 aliphatic rings. The summed E-state index contributed by atoms with van der Waals surface area (Å²) in [7, 11) is -3.88. The second-order valence-electron chi connectivity index (χ2n) is 7.43. The lowest BCUT2D eigenvalue weighted by Crippen LogP contribution is -2.41. The predicted octanol–water partition coefficient (Wildman–Crippen LogP) is 3.38. The minimum atomic E-state index is -3.29. The summed E-state index contributed by atoms with van der Waals surface area (Å²) in [6.07, 6.45) is 3.02. The van der Waals surface area contributed by atoms with Crippen LogP contribution in [0.5, 0.6) is 0 Å². The largest absolute Gasteiger partial charge is 0.491 e. The van der Waals surface area contributed by atoms with Crippen LogP contribution in [-0.2, 0) is 23.9 Å². The van der Waals surface area contributed by atoms with Gasteiger partial charge in [0, 0.05) is 18.9 Å². The molecule has 1 saturated heterocycles. The highest BCUT2D eigenvalue weighted by Gasteiger charge is 2.52. The van der Waals surface area contributed by atoms with Gasteiger partial charge in [-0.05, 0) is 50.9 Å². The number of hydrogen-bond acceptors (Lipinski definition) is 6. The van der Waals surface area contributed by atoms with Crippen molar-refractivity contribution in [2.75, 3.05) is 12.0 Å². The lowest BCUT2D eigenvalue weighted by atomic mass is 9.78. The summed E-state index contributed by atoms with van der Waals surface area (Å²) in [6.45, 7) is 9.37. The molecule has 1 aliphatic heterocycles. The third kappa shape index (κ3) is 5.00. The first-order valence-corrected chi connectivity index (χ1v) is 11.2. The van der Waals surface area contributed by atoms with E-state index in [1.54, 1.807) is 18.2 Å². The van der Waals surface area contributed by atoms with Gasteiger partial charge in [0.2, 0.25) is 0 Å². The van der Waals surface area contributed by atoms with E-state index in [0.717, 1.165) is 11.0 Å². The van der Waals surface area contributed by atoms with Crippen molar-refractivity contribution in [3.8, 4) is 0 Å². The maximum absolute atomic E-state index is 11.8. The van der Waals surface area contributed by atoms with Crippen LogP contribution in [0.15, 0.2) is 34.6 Å². The van der Waals surface area contributed by atoms with Crippen LogP contribution in [0, 0.1) is 0 Å². The third-order valence-corrected chi connectivity index (χ3v) is 6.63. The molecule has 0 aromatic heterocycles. The molecule has 5 nitrogen and oxygen atoms in total. The van der Waals surface area contributed by atoms with E-state index >= 15 is 0 Å². The molecule has 0 amide bonds. The Balaban J connectivity index is 2.40. The molecular formula is C18H25BO5S2. The molecule has 0 radical (unpaired) electrons. The van der Waals surface area contributed by atoms with Gasteiger partial charge in [0.1, 0.15) is 0 Å². The Morgan fingerprint density at radius 2 is 1.77 bits per heavy atom. The van der Waals surface area contributed by atoms with Crippen LogP contribution in [0.4, 0.5) is 0 Å². The van der Waals surface area contributed by atoms with Gasteiger partial charge in [-0.25, -0.2) is 8.42 Å². The Morgan fingerprint density at radius 3 is 2.27 bits per heavy atom. The molecule has 26 heavy (non-hydrogen) atoms. The number of hydrogen-bond donors (Lipinski definition) is 0. The van der Waals surface area contributed by atoms with Crippen LogP contribution in [-0.4, -0.2) is 43.9 Å². The lowest BCUT2D eigenvalue weighted by Gasteiger charge is -2.32. The fourth-order valence-corrected chi connectivity index (χ4v) is 3.67. The maximum Gasteiger partial charge on any atom is 0.491 e.